The lowest BCUT2D eigenvalue weighted by Gasteiger charge is -2.10. The number of hydrogen-bond acceptors (Lipinski definition) is 5. The minimum Gasteiger partial charge on any atom is -0.476 e. The van der Waals surface area contributed by atoms with E-state index >= 15 is 0 Å². The van der Waals surface area contributed by atoms with E-state index < -0.39 is 11.9 Å². The molecule has 1 aromatic heterocycles. The molecule has 7 heteroatoms. The van der Waals surface area contributed by atoms with Crippen molar-refractivity contribution in [1.29, 1.82) is 0 Å². The highest BCUT2D eigenvalue weighted by Gasteiger charge is 2.22. The first kappa shape index (κ1) is 15.7. The molecule has 7 nitrogen and oxygen atoms in total. The Morgan fingerprint density at radius 3 is 2.41 bits per heavy atom. The molecule has 0 bridgehead atoms. The molecule has 0 fully saturated rings. The van der Waals surface area contributed by atoms with E-state index in [0.29, 0.717) is 23.6 Å². The van der Waals surface area contributed by atoms with Crippen LogP contribution in [0.1, 0.15) is 53.2 Å². The fraction of sp³-hybridized carbons (Fsp3) is 0.333. The lowest BCUT2D eigenvalue weighted by molar-refractivity contribution is 0.0526. The molecule has 0 saturated heterocycles. The molecule has 1 N–H and O–H groups in total. The highest BCUT2D eigenvalue weighted by atomic mass is 16.5. The van der Waals surface area contributed by atoms with Crippen LogP contribution in [0.25, 0.3) is 5.69 Å². The first-order valence-corrected chi connectivity index (χ1v) is 6.92. The van der Waals surface area contributed by atoms with Gasteiger partial charge >= 0.3 is 11.9 Å². The molecule has 0 aliphatic rings. The minimum absolute atomic E-state index is 0.0640. The normalized spacial score (nSPS) is 10.7. The minimum atomic E-state index is -1.11. The number of carboxylic acid groups (broad SMARTS) is 1. The number of nitrogens with zero attached hydrogens (tertiary/aromatic N) is 3. The van der Waals surface area contributed by atoms with Gasteiger partial charge in [0.25, 0.3) is 0 Å². The summed E-state index contributed by atoms with van der Waals surface area (Å²) >= 11 is 0. The van der Waals surface area contributed by atoms with E-state index in [-0.39, 0.29) is 11.6 Å². The van der Waals surface area contributed by atoms with Crippen LogP contribution in [-0.2, 0) is 4.74 Å². The summed E-state index contributed by atoms with van der Waals surface area (Å²) < 4.78 is 6.39. The second kappa shape index (κ2) is 6.38. The van der Waals surface area contributed by atoms with Gasteiger partial charge in [-0.1, -0.05) is 19.1 Å². The van der Waals surface area contributed by atoms with Gasteiger partial charge < -0.3 is 9.84 Å². The lowest BCUT2D eigenvalue weighted by Crippen LogP contribution is -2.09. The van der Waals surface area contributed by atoms with Crippen molar-refractivity contribution in [3.8, 4) is 5.69 Å². The third kappa shape index (κ3) is 2.98. The number of benzene rings is 1. The number of hydrogen-bond donors (Lipinski definition) is 1. The van der Waals surface area contributed by atoms with E-state index in [0.717, 1.165) is 0 Å². The largest absolute Gasteiger partial charge is 0.476 e. The Hall–Kier alpha value is -2.70. The van der Waals surface area contributed by atoms with E-state index in [9.17, 15) is 14.7 Å². The van der Waals surface area contributed by atoms with Crippen molar-refractivity contribution >= 4 is 11.9 Å². The topological polar surface area (TPSA) is 94.3 Å². The van der Waals surface area contributed by atoms with Crippen LogP contribution >= 0.6 is 0 Å². The summed E-state index contributed by atoms with van der Waals surface area (Å²) in [6.07, 6.45) is 0. The van der Waals surface area contributed by atoms with Crippen molar-refractivity contribution in [2.45, 2.75) is 26.7 Å². The van der Waals surface area contributed by atoms with Crippen LogP contribution in [0.5, 0.6) is 0 Å². The second-order valence-electron chi connectivity index (χ2n) is 4.96. The van der Waals surface area contributed by atoms with Gasteiger partial charge in [0.2, 0.25) is 0 Å². The number of esters is 1. The van der Waals surface area contributed by atoms with Gasteiger partial charge in [0.15, 0.2) is 5.69 Å². The monoisotopic (exact) mass is 303 g/mol. The predicted octanol–water partition coefficient (Wildman–Crippen LogP) is 2.27. The SMILES string of the molecule is CCOC(=O)c1ccc(-n2nnc(C(=O)O)c2C(C)C)cc1. The van der Waals surface area contributed by atoms with Gasteiger partial charge in [-0.15, -0.1) is 5.10 Å². The van der Waals surface area contributed by atoms with Gasteiger partial charge in [0.05, 0.1) is 23.6 Å². The van der Waals surface area contributed by atoms with Crippen molar-refractivity contribution in [2.24, 2.45) is 0 Å². The van der Waals surface area contributed by atoms with Gasteiger partial charge in [0.1, 0.15) is 0 Å². The van der Waals surface area contributed by atoms with Crippen LogP contribution in [0, 0.1) is 0 Å². The van der Waals surface area contributed by atoms with Crippen molar-refractivity contribution in [2.75, 3.05) is 6.61 Å². The van der Waals surface area contributed by atoms with Gasteiger partial charge in [-0.25, -0.2) is 14.3 Å². The maximum absolute atomic E-state index is 11.6. The molecule has 0 saturated carbocycles. The Morgan fingerprint density at radius 1 is 1.27 bits per heavy atom. The molecule has 116 valence electrons. The maximum Gasteiger partial charge on any atom is 0.358 e. The summed E-state index contributed by atoms with van der Waals surface area (Å²) in [4.78, 5) is 22.8. The van der Waals surface area contributed by atoms with E-state index in [1.807, 2.05) is 13.8 Å². The molecule has 0 atom stereocenters. The number of aromatic carboxylic acids is 1. The summed E-state index contributed by atoms with van der Waals surface area (Å²) in [5.41, 5.74) is 1.51. The Morgan fingerprint density at radius 2 is 1.91 bits per heavy atom. The number of ether oxygens (including phenoxy) is 1. The van der Waals surface area contributed by atoms with E-state index in [1.54, 1.807) is 31.2 Å². The molecule has 22 heavy (non-hydrogen) atoms. The third-order valence-electron chi connectivity index (χ3n) is 3.08. The van der Waals surface area contributed by atoms with E-state index in [2.05, 4.69) is 10.3 Å². The molecule has 0 unspecified atom stereocenters. The van der Waals surface area contributed by atoms with Gasteiger partial charge in [-0.2, -0.15) is 0 Å². The summed E-state index contributed by atoms with van der Waals surface area (Å²) in [7, 11) is 0. The van der Waals surface area contributed by atoms with Crippen LogP contribution in [-0.4, -0.2) is 38.6 Å². The first-order chi connectivity index (χ1) is 10.5. The summed E-state index contributed by atoms with van der Waals surface area (Å²) in [5, 5.41) is 16.8. The molecule has 0 radical (unpaired) electrons. The molecule has 0 amide bonds. The number of carboxylic acids is 1. The number of carbonyl (C=O) groups is 2. The van der Waals surface area contributed by atoms with E-state index in [4.69, 9.17) is 4.74 Å². The number of aromatic nitrogens is 3. The Kier molecular flexibility index (Phi) is 4.55. The van der Waals surface area contributed by atoms with Crippen LogP contribution in [0.2, 0.25) is 0 Å². The molecular weight excluding hydrogens is 286 g/mol. The average molecular weight is 303 g/mol. The zero-order valence-electron chi connectivity index (χ0n) is 12.6. The zero-order chi connectivity index (χ0) is 16.3. The third-order valence-corrected chi connectivity index (χ3v) is 3.08. The maximum atomic E-state index is 11.6. The molecule has 1 aromatic carbocycles. The fourth-order valence-electron chi connectivity index (χ4n) is 2.10. The summed E-state index contributed by atoms with van der Waals surface area (Å²) in [5.74, 6) is -1.58. The molecule has 0 aliphatic heterocycles. The van der Waals surface area contributed by atoms with Gasteiger partial charge in [0, 0.05) is 0 Å². The Balaban J connectivity index is 2.40. The standard InChI is InChI=1S/C15H17N3O4/c1-4-22-15(21)10-5-7-11(8-6-10)18-13(9(2)3)12(14(19)20)16-17-18/h5-9H,4H2,1-3H3,(H,19,20). The van der Waals surface area contributed by atoms with E-state index in [1.165, 1.54) is 4.68 Å². The molecule has 0 aliphatic carbocycles. The van der Waals surface area contributed by atoms with Crippen molar-refractivity contribution < 1.29 is 19.4 Å². The Labute approximate surface area is 127 Å². The highest BCUT2D eigenvalue weighted by Crippen LogP contribution is 2.21. The van der Waals surface area contributed by atoms with Gasteiger partial charge in [-0.05, 0) is 37.1 Å². The van der Waals surface area contributed by atoms with Crippen molar-refractivity contribution in [3.05, 3.63) is 41.2 Å². The quantitative estimate of drug-likeness (QED) is 0.851. The molecule has 0 spiro atoms. The molecular formula is C15H17N3O4. The smallest absolute Gasteiger partial charge is 0.358 e. The number of carbonyl (C=O) groups excluding carboxylic acids is 1. The molecule has 2 rings (SSSR count). The van der Waals surface area contributed by atoms with Crippen LogP contribution in [0.15, 0.2) is 24.3 Å². The first-order valence-electron chi connectivity index (χ1n) is 6.92. The summed E-state index contributed by atoms with van der Waals surface area (Å²) in [6.45, 7) is 5.79. The zero-order valence-corrected chi connectivity index (χ0v) is 12.6. The fourth-order valence-corrected chi connectivity index (χ4v) is 2.10. The lowest BCUT2D eigenvalue weighted by atomic mass is 10.1. The second-order valence-corrected chi connectivity index (χ2v) is 4.96. The van der Waals surface area contributed by atoms with Crippen LogP contribution in [0.3, 0.4) is 0 Å². The molecule has 1 heterocycles. The Bertz CT molecular complexity index is 689. The van der Waals surface area contributed by atoms with Crippen molar-refractivity contribution in [3.63, 3.8) is 0 Å². The summed E-state index contributed by atoms with van der Waals surface area (Å²) in [6, 6.07) is 6.58. The average Bonchev–Trinajstić information content (AvgIpc) is 2.93. The van der Waals surface area contributed by atoms with Gasteiger partial charge in [-0.3, -0.25) is 0 Å². The highest BCUT2D eigenvalue weighted by molar-refractivity contribution is 5.89. The predicted molar refractivity (Wildman–Crippen MR) is 78.4 cm³/mol. The molecule has 2 aromatic rings. The van der Waals surface area contributed by atoms with Crippen molar-refractivity contribution in [1.82, 2.24) is 15.0 Å². The van der Waals surface area contributed by atoms with Crippen LogP contribution in [0.4, 0.5) is 0 Å². The van der Waals surface area contributed by atoms with Crippen LogP contribution < -0.4 is 0 Å². The number of rotatable bonds is 5.